The Morgan fingerprint density at radius 2 is 2.13 bits per heavy atom. The van der Waals surface area contributed by atoms with Crippen LogP contribution in [-0.2, 0) is 6.54 Å². The van der Waals surface area contributed by atoms with Gasteiger partial charge in [-0.15, -0.1) is 0 Å². The maximum absolute atomic E-state index is 5.96. The first kappa shape index (κ1) is 12.3. The van der Waals surface area contributed by atoms with E-state index in [4.69, 9.17) is 17.3 Å². The van der Waals surface area contributed by atoms with Crippen LogP contribution in [0.1, 0.15) is 26.5 Å². The van der Waals surface area contributed by atoms with Crippen LogP contribution in [0.5, 0.6) is 0 Å². The lowest BCUT2D eigenvalue weighted by Gasteiger charge is -2.26. The number of aromatic nitrogens is 1. The van der Waals surface area contributed by atoms with Crippen LogP contribution in [0.3, 0.4) is 0 Å². The lowest BCUT2D eigenvalue weighted by atomic mass is 10.3. The van der Waals surface area contributed by atoms with E-state index in [9.17, 15) is 0 Å². The maximum atomic E-state index is 5.96. The highest BCUT2D eigenvalue weighted by atomic mass is 35.5. The molecule has 4 heteroatoms. The molecule has 0 aromatic carbocycles. The van der Waals surface area contributed by atoms with Crippen LogP contribution < -0.4 is 10.6 Å². The van der Waals surface area contributed by atoms with Gasteiger partial charge in [-0.25, -0.2) is 4.98 Å². The molecule has 0 radical (unpaired) electrons. The predicted molar refractivity (Wildman–Crippen MR) is 65.3 cm³/mol. The van der Waals surface area contributed by atoms with Crippen LogP contribution in [0.4, 0.5) is 5.82 Å². The number of hydrogen-bond donors (Lipinski definition) is 1. The van der Waals surface area contributed by atoms with Gasteiger partial charge in [0.1, 0.15) is 5.82 Å². The molecular formula is C11H18ClN3. The van der Waals surface area contributed by atoms with E-state index in [1.165, 1.54) is 0 Å². The van der Waals surface area contributed by atoms with Crippen LogP contribution >= 0.6 is 11.6 Å². The molecule has 0 fully saturated rings. The van der Waals surface area contributed by atoms with Gasteiger partial charge in [0, 0.05) is 19.1 Å². The minimum absolute atomic E-state index is 0.377. The summed E-state index contributed by atoms with van der Waals surface area (Å²) in [7, 11) is 0. The van der Waals surface area contributed by atoms with Crippen molar-refractivity contribution in [2.24, 2.45) is 5.73 Å². The average molecular weight is 228 g/mol. The zero-order chi connectivity index (χ0) is 11.4. The van der Waals surface area contributed by atoms with Crippen molar-refractivity contribution in [2.45, 2.75) is 33.4 Å². The smallest absolute Gasteiger partial charge is 0.129 e. The molecule has 2 N–H and O–H groups in total. The van der Waals surface area contributed by atoms with Gasteiger partial charge in [-0.3, -0.25) is 0 Å². The van der Waals surface area contributed by atoms with E-state index in [1.807, 2.05) is 12.1 Å². The van der Waals surface area contributed by atoms with E-state index in [0.29, 0.717) is 17.6 Å². The summed E-state index contributed by atoms with van der Waals surface area (Å²) in [6.07, 6.45) is 0. The van der Waals surface area contributed by atoms with Crippen molar-refractivity contribution < 1.29 is 0 Å². The summed E-state index contributed by atoms with van der Waals surface area (Å²) in [5, 5.41) is 0.640. The maximum Gasteiger partial charge on any atom is 0.129 e. The zero-order valence-electron chi connectivity index (χ0n) is 9.50. The van der Waals surface area contributed by atoms with Crippen molar-refractivity contribution in [2.75, 3.05) is 11.4 Å². The fourth-order valence-corrected chi connectivity index (χ4v) is 1.75. The summed E-state index contributed by atoms with van der Waals surface area (Å²) in [6.45, 7) is 7.70. The first-order chi connectivity index (χ1) is 7.10. The lowest BCUT2D eigenvalue weighted by Crippen LogP contribution is -2.31. The molecule has 0 spiro atoms. The molecule has 0 unspecified atom stereocenters. The largest absolute Gasteiger partial charge is 0.354 e. The van der Waals surface area contributed by atoms with E-state index in [-0.39, 0.29) is 0 Å². The number of nitrogens with zero attached hydrogens (tertiary/aromatic N) is 2. The number of nitrogens with two attached hydrogens (primary N) is 1. The number of halogens is 1. The summed E-state index contributed by atoms with van der Waals surface area (Å²) in [6, 6.07) is 4.22. The van der Waals surface area contributed by atoms with Crippen molar-refractivity contribution in [3.8, 4) is 0 Å². The van der Waals surface area contributed by atoms with Crippen molar-refractivity contribution in [1.82, 2.24) is 4.98 Å². The molecule has 0 aliphatic rings. The topological polar surface area (TPSA) is 42.1 Å². The molecule has 0 atom stereocenters. The molecule has 0 bridgehead atoms. The van der Waals surface area contributed by atoms with Crippen LogP contribution in [0.2, 0.25) is 5.02 Å². The normalized spacial score (nSPS) is 10.8. The van der Waals surface area contributed by atoms with Crippen LogP contribution in [-0.4, -0.2) is 17.6 Å². The molecule has 0 amide bonds. The molecular weight excluding hydrogens is 210 g/mol. The molecule has 0 aliphatic heterocycles. The summed E-state index contributed by atoms with van der Waals surface area (Å²) in [5.74, 6) is 0.942. The third-order valence-electron chi connectivity index (χ3n) is 2.36. The van der Waals surface area contributed by atoms with E-state index in [2.05, 4.69) is 30.7 Å². The molecule has 0 saturated heterocycles. The van der Waals surface area contributed by atoms with Crippen molar-refractivity contribution in [1.29, 1.82) is 0 Å². The van der Waals surface area contributed by atoms with Crippen molar-refractivity contribution in [3.63, 3.8) is 0 Å². The molecule has 0 saturated carbocycles. The van der Waals surface area contributed by atoms with Gasteiger partial charge in [-0.1, -0.05) is 11.6 Å². The first-order valence-electron chi connectivity index (χ1n) is 5.22. The van der Waals surface area contributed by atoms with E-state index in [1.54, 1.807) is 0 Å². The molecule has 84 valence electrons. The molecule has 0 aliphatic carbocycles. The second kappa shape index (κ2) is 5.33. The monoisotopic (exact) mass is 227 g/mol. The number of anilines is 1. The fraction of sp³-hybridized carbons (Fsp3) is 0.545. The highest BCUT2D eigenvalue weighted by Gasteiger charge is 2.11. The minimum Gasteiger partial charge on any atom is -0.354 e. The van der Waals surface area contributed by atoms with Gasteiger partial charge in [0.2, 0.25) is 0 Å². The van der Waals surface area contributed by atoms with Gasteiger partial charge < -0.3 is 10.6 Å². The molecule has 1 aromatic rings. The van der Waals surface area contributed by atoms with Gasteiger partial charge in [0.05, 0.1) is 10.7 Å². The Labute approximate surface area is 96.2 Å². The van der Waals surface area contributed by atoms with E-state index >= 15 is 0 Å². The Hall–Kier alpha value is -0.800. The Morgan fingerprint density at radius 1 is 1.47 bits per heavy atom. The Morgan fingerprint density at radius 3 is 2.60 bits per heavy atom. The summed E-state index contributed by atoms with van der Waals surface area (Å²) in [5.41, 5.74) is 6.33. The minimum atomic E-state index is 0.377. The van der Waals surface area contributed by atoms with Crippen LogP contribution in [0, 0.1) is 0 Å². The summed E-state index contributed by atoms with van der Waals surface area (Å²) < 4.78 is 0. The Balaban J connectivity index is 3.03. The van der Waals surface area contributed by atoms with Crippen molar-refractivity contribution >= 4 is 17.4 Å². The molecule has 1 aromatic heterocycles. The highest BCUT2D eigenvalue weighted by Crippen LogP contribution is 2.20. The number of pyridine rings is 1. The molecule has 3 nitrogen and oxygen atoms in total. The third-order valence-corrected chi connectivity index (χ3v) is 2.70. The third kappa shape index (κ3) is 2.83. The van der Waals surface area contributed by atoms with E-state index < -0.39 is 0 Å². The van der Waals surface area contributed by atoms with Gasteiger partial charge >= 0.3 is 0 Å². The lowest BCUT2D eigenvalue weighted by molar-refractivity contribution is 0.691. The summed E-state index contributed by atoms with van der Waals surface area (Å²) >= 11 is 5.96. The molecule has 15 heavy (non-hydrogen) atoms. The Bertz CT molecular complexity index is 326. The quantitative estimate of drug-likeness (QED) is 0.859. The predicted octanol–water partition coefficient (Wildman–Crippen LogP) is 2.43. The highest BCUT2D eigenvalue weighted by molar-refractivity contribution is 6.31. The second-order valence-corrected chi connectivity index (χ2v) is 4.09. The SMILES string of the molecule is CCN(c1ccc(Cl)c(CN)n1)C(C)C. The standard InChI is InChI=1S/C11H18ClN3/c1-4-15(8(2)3)11-6-5-9(12)10(7-13)14-11/h5-6,8H,4,7,13H2,1-3H3. The first-order valence-corrected chi connectivity index (χ1v) is 5.60. The number of rotatable bonds is 4. The van der Waals surface area contributed by atoms with Crippen LogP contribution in [0.25, 0.3) is 0 Å². The zero-order valence-corrected chi connectivity index (χ0v) is 10.3. The van der Waals surface area contributed by atoms with Crippen molar-refractivity contribution in [3.05, 3.63) is 22.8 Å². The fourth-order valence-electron chi connectivity index (χ4n) is 1.57. The second-order valence-electron chi connectivity index (χ2n) is 3.68. The van der Waals surface area contributed by atoms with Gasteiger partial charge in [0.25, 0.3) is 0 Å². The summed E-state index contributed by atoms with van der Waals surface area (Å²) in [4.78, 5) is 6.66. The van der Waals surface area contributed by atoms with Gasteiger partial charge in [-0.05, 0) is 32.9 Å². The van der Waals surface area contributed by atoms with Crippen LogP contribution in [0.15, 0.2) is 12.1 Å². The molecule has 1 rings (SSSR count). The van der Waals surface area contributed by atoms with Gasteiger partial charge in [-0.2, -0.15) is 0 Å². The Kier molecular flexibility index (Phi) is 4.36. The van der Waals surface area contributed by atoms with E-state index in [0.717, 1.165) is 18.1 Å². The molecule has 1 heterocycles. The van der Waals surface area contributed by atoms with Gasteiger partial charge in [0.15, 0.2) is 0 Å². The number of hydrogen-bond acceptors (Lipinski definition) is 3. The average Bonchev–Trinajstić information content (AvgIpc) is 2.21.